The average molecular weight is 882 g/mol. The van der Waals surface area contributed by atoms with Gasteiger partial charge in [-0.3, -0.25) is 29.4 Å². The monoisotopic (exact) mass is 881 g/mol. The number of ether oxygens (including phenoxy) is 2. The Bertz CT molecular complexity index is 2260. The Kier molecular flexibility index (Phi) is 14.0. The summed E-state index contributed by atoms with van der Waals surface area (Å²) in [5, 5.41) is 2.48. The van der Waals surface area contributed by atoms with Crippen molar-refractivity contribution in [3.05, 3.63) is 94.0 Å². The Labute approximate surface area is 372 Å². The highest BCUT2D eigenvalue weighted by molar-refractivity contribution is 7.90. The van der Waals surface area contributed by atoms with Crippen LogP contribution >= 0.6 is 0 Å². The number of nitrogens with zero attached hydrogens (tertiary/aromatic N) is 4. The smallest absolute Gasteiger partial charge is 0.262 e. The lowest BCUT2D eigenvalue weighted by Gasteiger charge is -2.45. The molecule has 3 aromatic rings. The van der Waals surface area contributed by atoms with E-state index < -0.39 is 33.4 Å². The molecule has 5 aliphatic rings. The summed E-state index contributed by atoms with van der Waals surface area (Å²) in [6.45, 7) is 9.75. The molecule has 0 bridgehead atoms. The van der Waals surface area contributed by atoms with Crippen LogP contribution in [-0.2, 0) is 25.8 Å². The minimum absolute atomic E-state index is 0.175. The first kappa shape index (κ1) is 45.0. The van der Waals surface area contributed by atoms with E-state index in [-0.39, 0.29) is 17.7 Å². The molecule has 2 atom stereocenters. The second-order valence-electron chi connectivity index (χ2n) is 18.2. The quantitative estimate of drug-likeness (QED) is 0.187. The van der Waals surface area contributed by atoms with Crippen molar-refractivity contribution in [3.63, 3.8) is 0 Å². The predicted octanol–water partition coefficient (Wildman–Crippen LogP) is 5.74. The number of fused-ring (bicyclic) bond motifs is 1. The van der Waals surface area contributed by atoms with Crippen molar-refractivity contribution in [1.82, 2.24) is 24.9 Å². The molecule has 4 fully saturated rings. The second kappa shape index (κ2) is 19.6. The van der Waals surface area contributed by atoms with E-state index in [1.807, 2.05) is 19.1 Å². The Balaban J connectivity index is 0.786. The molecule has 8 rings (SSSR count). The van der Waals surface area contributed by atoms with Crippen LogP contribution in [0.3, 0.4) is 0 Å². The Hall–Kier alpha value is -4.63. The van der Waals surface area contributed by atoms with Crippen LogP contribution in [0, 0.1) is 0 Å². The number of hydrogen-bond donors (Lipinski definition) is 1. The van der Waals surface area contributed by atoms with Crippen molar-refractivity contribution in [2.75, 3.05) is 71.5 Å². The molecule has 338 valence electrons. The first-order valence-corrected chi connectivity index (χ1v) is 25.1. The highest BCUT2D eigenvalue weighted by Gasteiger charge is 2.43. The molecule has 3 aromatic carbocycles. The molecule has 63 heavy (non-hydrogen) atoms. The normalized spacial score (nSPS) is 22.0. The number of nitrogens with one attached hydrogen (secondary N) is 1. The van der Waals surface area contributed by atoms with Crippen LogP contribution in [0.4, 0.5) is 0 Å². The number of imide groups is 2. The zero-order valence-corrected chi connectivity index (χ0v) is 37.9. The molecule has 0 aliphatic carbocycles. The van der Waals surface area contributed by atoms with Gasteiger partial charge in [0.25, 0.3) is 11.8 Å². The maximum absolute atomic E-state index is 14.2. The highest BCUT2D eigenvalue weighted by Crippen LogP contribution is 2.38. The van der Waals surface area contributed by atoms with E-state index >= 15 is 0 Å². The van der Waals surface area contributed by atoms with Crippen molar-refractivity contribution >= 4 is 33.5 Å². The van der Waals surface area contributed by atoms with Crippen molar-refractivity contribution in [3.8, 4) is 11.5 Å². The lowest BCUT2D eigenvalue weighted by Crippen LogP contribution is -2.52. The van der Waals surface area contributed by atoms with Gasteiger partial charge in [0.15, 0.2) is 11.5 Å². The summed E-state index contributed by atoms with van der Waals surface area (Å²) in [6, 6.07) is 19.2. The molecule has 0 saturated carbocycles. The van der Waals surface area contributed by atoms with Gasteiger partial charge in [-0.15, -0.1) is 0 Å². The standard InChI is InChI=1S/C49H63N5O8S/c1-4-62-44-31-37(14-16-43(44)61-2)42(32-63(3,59)60)54-48(57)41-9-5-7-36(46(41)49(54)58)8-6-24-51-25-20-38(21-26-51)53-29-22-39(23-30-53)52-27-18-34(19-28-52)33-10-12-35(13-11-33)40-15-17-45(55)50-47(40)56/h5,7,9-14,16,31,34,38-40,42H,4,6,8,15,17-30,32H2,1-3H3,(H,50,55,56)/t40?,42-/m1/s1. The Morgan fingerprint density at radius 3 is 2.05 bits per heavy atom. The minimum atomic E-state index is -3.60. The molecule has 0 radical (unpaired) electrons. The van der Waals surface area contributed by atoms with Crippen LogP contribution in [0.25, 0.3) is 0 Å². The number of carbonyl (C=O) groups is 4. The van der Waals surface area contributed by atoms with E-state index in [0.717, 1.165) is 100 Å². The summed E-state index contributed by atoms with van der Waals surface area (Å²) in [4.78, 5) is 61.1. The summed E-state index contributed by atoms with van der Waals surface area (Å²) in [7, 11) is -2.08. The van der Waals surface area contributed by atoms with Crippen LogP contribution in [0.5, 0.6) is 11.5 Å². The summed E-state index contributed by atoms with van der Waals surface area (Å²) in [5.41, 5.74) is 4.36. The molecule has 5 heterocycles. The molecule has 0 aromatic heterocycles. The van der Waals surface area contributed by atoms with Crippen LogP contribution in [0.1, 0.15) is 126 Å². The van der Waals surface area contributed by atoms with Gasteiger partial charge in [-0.2, -0.15) is 0 Å². The van der Waals surface area contributed by atoms with E-state index in [1.165, 1.54) is 25.5 Å². The molecule has 0 spiro atoms. The molecule has 14 heteroatoms. The van der Waals surface area contributed by atoms with Crippen molar-refractivity contribution in [1.29, 1.82) is 0 Å². The van der Waals surface area contributed by atoms with Crippen molar-refractivity contribution in [2.24, 2.45) is 0 Å². The van der Waals surface area contributed by atoms with E-state index in [2.05, 4.69) is 44.3 Å². The third-order valence-electron chi connectivity index (χ3n) is 14.3. The first-order chi connectivity index (χ1) is 30.4. The van der Waals surface area contributed by atoms with Crippen LogP contribution in [0.15, 0.2) is 60.7 Å². The number of likely N-dealkylation sites (tertiary alicyclic amines) is 3. The maximum Gasteiger partial charge on any atom is 0.262 e. The number of amides is 4. The largest absolute Gasteiger partial charge is 0.493 e. The lowest BCUT2D eigenvalue weighted by atomic mass is 9.85. The van der Waals surface area contributed by atoms with E-state index in [9.17, 15) is 27.6 Å². The fourth-order valence-electron chi connectivity index (χ4n) is 10.9. The zero-order valence-electron chi connectivity index (χ0n) is 37.1. The number of methoxy groups -OCH3 is 1. The Morgan fingerprint density at radius 2 is 1.41 bits per heavy atom. The van der Waals surface area contributed by atoms with Gasteiger partial charge < -0.3 is 24.2 Å². The molecule has 1 unspecified atom stereocenters. The molecule has 4 saturated heterocycles. The Morgan fingerprint density at radius 1 is 0.762 bits per heavy atom. The van der Waals surface area contributed by atoms with E-state index in [1.54, 1.807) is 24.3 Å². The SMILES string of the molecule is CCOc1cc([C@@H](CS(C)(=O)=O)N2C(=O)c3cccc(CCCN4CCC(N5CCC(N6CCC(c7ccc(C8CCC(=O)NC8=O)cc7)CC6)CC5)CC4)c3C2=O)ccc1OC. The third-order valence-corrected chi connectivity index (χ3v) is 15.2. The summed E-state index contributed by atoms with van der Waals surface area (Å²) in [6.07, 6.45) is 10.6. The van der Waals surface area contributed by atoms with Gasteiger partial charge >= 0.3 is 0 Å². The number of hydrogen-bond acceptors (Lipinski definition) is 11. The first-order valence-electron chi connectivity index (χ1n) is 23.0. The topological polar surface area (TPSA) is 146 Å². The molecular formula is C49H63N5O8S. The number of benzene rings is 3. The zero-order chi connectivity index (χ0) is 44.3. The molecule has 5 aliphatic heterocycles. The number of rotatable bonds is 15. The summed E-state index contributed by atoms with van der Waals surface area (Å²) < 4.78 is 36.6. The molecule has 13 nitrogen and oxygen atoms in total. The summed E-state index contributed by atoms with van der Waals surface area (Å²) in [5.74, 6) is -0.502. The number of carbonyl (C=O) groups excluding carboxylic acids is 4. The average Bonchev–Trinajstić information content (AvgIpc) is 3.54. The van der Waals surface area contributed by atoms with Gasteiger partial charge in [0.05, 0.1) is 42.6 Å². The third kappa shape index (κ3) is 10.2. The number of sulfone groups is 1. The van der Waals surface area contributed by atoms with E-state index in [0.29, 0.717) is 72.1 Å². The number of piperidine rings is 4. The fourth-order valence-corrected chi connectivity index (χ4v) is 11.8. The van der Waals surface area contributed by atoms with Crippen molar-refractivity contribution in [2.45, 2.75) is 101 Å². The summed E-state index contributed by atoms with van der Waals surface area (Å²) >= 11 is 0. The highest BCUT2D eigenvalue weighted by atomic mass is 32.2. The lowest BCUT2D eigenvalue weighted by molar-refractivity contribution is -0.134. The molecular weight excluding hydrogens is 819 g/mol. The number of aryl methyl sites for hydroxylation is 1. The van der Waals surface area contributed by atoms with Gasteiger partial charge in [-0.25, -0.2) is 8.42 Å². The molecule has 4 amide bonds. The maximum atomic E-state index is 14.2. The van der Waals surface area contributed by atoms with Crippen LogP contribution < -0.4 is 14.8 Å². The van der Waals surface area contributed by atoms with Gasteiger partial charge in [-0.1, -0.05) is 42.5 Å². The van der Waals surface area contributed by atoms with Gasteiger partial charge in [0.2, 0.25) is 11.8 Å². The van der Waals surface area contributed by atoms with Crippen LogP contribution in [-0.4, -0.2) is 135 Å². The van der Waals surface area contributed by atoms with Crippen molar-refractivity contribution < 1.29 is 37.1 Å². The van der Waals surface area contributed by atoms with Gasteiger partial charge in [0, 0.05) is 24.8 Å². The van der Waals surface area contributed by atoms with Gasteiger partial charge in [-0.05, 0) is 157 Å². The predicted molar refractivity (Wildman–Crippen MR) is 241 cm³/mol. The fraction of sp³-hybridized carbons (Fsp3) is 0.551. The van der Waals surface area contributed by atoms with E-state index in [4.69, 9.17) is 9.47 Å². The minimum Gasteiger partial charge on any atom is -0.493 e. The van der Waals surface area contributed by atoms with Crippen LogP contribution in [0.2, 0.25) is 0 Å². The molecule has 1 N–H and O–H groups in total. The second-order valence-corrected chi connectivity index (χ2v) is 20.4. The van der Waals surface area contributed by atoms with Gasteiger partial charge in [0.1, 0.15) is 9.84 Å².